The van der Waals surface area contributed by atoms with Crippen molar-refractivity contribution in [3.8, 4) is 0 Å². The van der Waals surface area contributed by atoms with Gasteiger partial charge in [-0.25, -0.2) is 8.42 Å². The topological polar surface area (TPSA) is 79.4 Å². The number of amides is 1. The fourth-order valence-corrected chi connectivity index (χ4v) is 5.04. The zero-order valence-electron chi connectivity index (χ0n) is 14.9. The van der Waals surface area contributed by atoms with E-state index < -0.39 is 10.0 Å². The molecule has 0 spiro atoms. The van der Waals surface area contributed by atoms with E-state index in [1.54, 1.807) is 24.4 Å². The number of aromatic nitrogens is 1. The van der Waals surface area contributed by atoms with Crippen molar-refractivity contribution in [3.05, 3.63) is 65.3 Å². The van der Waals surface area contributed by atoms with E-state index in [9.17, 15) is 13.2 Å². The van der Waals surface area contributed by atoms with E-state index in [0.717, 1.165) is 18.2 Å². The molecular formula is C20H18ClN3O3S. The van der Waals surface area contributed by atoms with Gasteiger partial charge in [0.2, 0.25) is 10.0 Å². The van der Waals surface area contributed by atoms with Crippen LogP contribution in [-0.4, -0.2) is 36.7 Å². The largest absolute Gasteiger partial charge is 0.321 e. The molecule has 1 saturated heterocycles. The molecule has 0 atom stereocenters. The monoisotopic (exact) mass is 415 g/mol. The van der Waals surface area contributed by atoms with Crippen molar-refractivity contribution in [2.75, 3.05) is 18.4 Å². The van der Waals surface area contributed by atoms with E-state index in [0.29, 0.717) is 34.9 Å². The van der Waals surface area contributed by atoms with Crippen molar-refractivity contribution >= 4 is 44.1 Å². The number of halogens is 1. The van der Waals surface area contributed by atoms with Crippen LogP contribution in [0.2, 0.25) is 5.02 Å². The van der Waals surface area contributed by atoms with Crippen LogP contribution in [0.3, 0.4) is 0 Å². The van der Waals surface area contributed by atoms with Crippen LogP contribution in [0.4, 0.5) is 5.69 Å². The number of fused-ring (bicyclic) bond motifs is 1. The molecule has 1 fully saturated rings. The summed E-state index contributed by atoms with van der Waals surface area (Å²) in [6.45, 7) is 1.09. The van der Waals surface area contributed by atoms with Gasteiger partial charge in [-0.1, -0.05) is 23.7 Å². The Morgan fingerprint density at radius 3 is 2.46 bits per heavy atom. The fraction of sp³-hybridized carbons (Fsp3) is 0.200. The number of nitrogens with one attached hydrogen (secondary N) is 1. The summed E-state index contributed by atoms with van der Waals surface area (Å²) < 4.78 is 26.7. The van der Waals surface area contributed by atoms with Crippen LogP contribution in [0, 0.1) is 0 Å². The van der Waals surface area contributed by atoms with Crippen molar-refractivity contribution in [2.24, 2.45) is 0 Å². The quantitative estimate of drug-likeness (QED) is 0.700. The third kappa shape index (κ3) is 3.48. The molecule has 1 aliphatic rings. The SMILES string of the molecule is O=C(Nc1ccnc2c(Cl)cccc12)c1ccc(S(=O)(=O)N2CCCC2)cc1. The standard InChI is InChI=1S/C20H18ClN3O3S/c21-17-5-3-4-16-18(10-11-22-19(16)17)23-20(25)14-6-8-15(9-7-14)28(26,27)24-12-1-2-13-24/h3-11H,1-2,12-13H2,(H,22,23,25). The molecule has 0 saturated carbocycles. The highest BCUT2D eigenvalue weighted by Gasteiger charge is 2.27. The van der Waals surface area contributed by atoms with E-state index in [2.05, 4.69) is 10.3 Å². The van der Waals surface area contributed by atoms with E-state index in [1.165, 1.54) is 28.6 Å². The summed E-state index contributed by atoms with van der Waals surface area (Å²) in [5.41, 5.74) is 1.56. The number of anilines is 1. The van der Waals surface area contributed by atoms with Gasteiger partial charge >= 0.3 is 0 Å². The Morgan fingerprint density at radius 1 is 1.04 bits per heavy atom. The number of para-hydroxylation sites is 1. The van der Waals surface area contributed by atoms with E-state index >= 15 is 0 Å². The summed E-state index contributed by atoms with van der Waals surface area (Å²) in [4.78, 5) is 17.1. The molecule has 28 heavy (non-hydrogen) atoms. The minimum absolute atomic E-state index is 0.201. The van der Waals surface area contributed by atoms with Gasteiger partial charge in [0.05, 0.1) is 21.1 Å². The maximum Gasteiger partial charge on any atom is 0.255 e. The van der Waals surface area contributed by atoms with Gasteiger partial charge in [-0.3, -0.25) is 9.78 Å². The number of pyridine rings is 1. The summed E-state index contributed by atoms with van der Waals surface area (Å²) in [6.07, 6.45) is 3.34. The summed E-state index contributed by atoms with van der Waals surface area (Å²) in [5.74, 6) is -0.336. The lowest BCUT2D eigenvalue weighted by Crippen LogP contribution is -2.27. The highest BCUT2D eigenvalue weighted by Crippen LogP contribution is 2.27. The highest BCUT2D eigenvalue weighted by atomic mass is 35.5. The second kappa shape index (κ2) is 7.50. The first-order valence-corrected chi connectivity index (χ1v) is 10.7. The Morgan fingerprint density at radius 2 is 1.75 bits per heavy atom. The average molecular weight is 416 g/mol. The molecule has 8 heteroatoms. The fourth-order valence-electron chi connectivity index (χ4n) is 3.30. The molecule has 1 aliphatic heterocycles. The number of sulfonamides is 1. The number of rotatable bonds is 4. The van der Waals surface area contributed by atoms with Gasteiger partial charge in [-0.15, -0.1) is 0 Å². The highest BCUT2D eigenvalue weighted by molar-refractivity contribution is 7.89. The molecule has 3 aromatic rings. The molecule has 0 unspecified atom stereocenters. The molecule has 0 bridgehead atoms. The summed E-state index contributed by atoms with van der Waals surface area (Å²) >= 11 is 6.16. The van der Waals surface area contributed by atoms with Crippen molar-refractivity contribution in [2.45, 2.75) is 17.7 Å². The Balaban J connectivity index is 1.57. The zero-order chi connectivity index (χ0) is 19.7. The van der Waals surface area contributed by atoms with E-state index in [1.807, 2.05) is 6.07 Å². The van der Waals surface area contributed by atoms with E-state index in [4.69, 9.17) is 11.6 Å². The minimum atomic E-state index is -3.49. The lowest BCUT2D eigenvalue weighted by Gasteiger charge is -2.15. The van der Waals surface area contributed by atoms with Gasteiger partial charge < -0.3 is 5.32 Å². The molecular weight excluding hydrogens is 398 g/mol. The summed E-state index contributed by atoms with van der Waals surface area (Å²) in [5, 5.41) is 4.08. The molecule has 2 aromatic carbocycles. The number of hydrogen-bond acceptors (Lipinski definition) is 4. The van der Waals surface area contributed by atoms with Crippen LogP contribution < -0.4 is 5.32 Å². The van der Waals surface area contributed by atoms with Gasteiger partial charge in [0, 0.05) is 30.2 Å². The van der Waals surface area contributed by atoms with Crippen LogP contribution >= 0.6 is 11.6 Å². The first kappa shape index (κ1) is 18.9. The Hall–Kier alpha value is -2.48. The summed E-state index contributed by atoms with van der Waals surface area (Å²) in [7, 11) is -3.49. The number of benzene rings is 2. The first-order chi connectivity index (χ1) is 13.5. The van der Waals surface area contributed by atoms with Crippen LogP contribution in [0.25, 0.3) is 10.9 Å². The molecule has 0 radical (unpaired) electrons. The van der Waals surface area contributed by atoms with Crippen LogP contribution in [0.5, 0.6) is 0 Å². The lowest BCUT2D eigenvalue weighted by atomic mass is 10.1. The predicted octanol–water partition coefficient (Wildman–Crippen LogP) is 3.93. The molecule has 0 aliphatic carbocycles. The van der Waals surface area contributed by atoms with Crippen LogP contribution in [0.1, 0.15) is 23.2 Å². The van der Waals surface area contributed by atoms with Gasteiger partial charge in [0.25, 0.3) is 5.91 Å². The molecule has 2 heterocycles. The molecule has 4 rings (SSSR count). The first-order valence-electron chi connectivity index (χ1n) is 8.91. The van der Waals surface area contributed by atoms with Crippen molar-refractivity contribution < 1.29 is 13.2 Å². The van der Waals surface area contributed by atoms with Crippen LogP contribution in [-0.2, 0) is 10.0 Å². The zero-order valence-corrected chi connectivity index (χ0v) is 16.5. The Bertz CT molecular complexity index is 1140. The van der Waals surface area contributed by atoms with Gasteiger partial charge in [-0.05, 0) is 49.2 Å². The second-order valence-electron chi connectivity index (χ2n) is 6.58. The maximum atomic E-state index is 12.6. The molecule has 1 N–H and O–H groups in total. The van der Waals surface area contributed by atoms with Crippen molar-refractivity contribution in [3.63, 3.8) is 0 Å². The maximum absolute atomic E-state index is 12.6. The third-order valence-electron chi connectivity index (χ3n) is 4.79. The van der Waals surface area contributed by atoms with Gasteiger partial charge in [-0.2, -0.15) is 4.31 Å². The minimum Gasteiger partial charge on any atom is -0.321 e. The third-order valence-corrected chi connectivity index (χ3v) is 7.01. The number of hydrogen-bond donors (Lipinski definition) is 1. The number of nitrogens with zero attached hydrogens (tertiary/aromatic N) is 2. The Kier molecular flexibility index (Phi) is 5.05. The van der Waals surface area contributed by atoms with Gasteiger partial charge in [0.1, 0.15) is 0 Å². The number of carbonyl (C=O) groups excluding carboxylic acids is 1. The van der Waals surface area contributed by atoms with Crippen molar-refractivity contribution in [1.82, 2.24) is 9.29 Å². The van der Waals surface area contributed by atoms with E-state index in [-0.39, 0.29) is 10.8 Å². The summed E-state index contributed by atoms with van der Waals surface area (Å²) in [6, 6.07) is 13.1. The van der Waals surface area contributed by atoms with Gasteiger partial charge in [0.15, 0.2) is 0 Å². The van der Waals surface area contributed by atoms with Crippen LogP contribution in [0.15, 0.2) is 59.6 Å². The molecule has 1 amide bonds. The Labute approximate surface area is 168 Å². The smallest absolute Gasteiger partial charge is 0.255 e. The lowest BCUT2D eigenvalue weighted by molar-refractivity contribution is 0.102. The van der Waals surface area contributed by atoms with Crippen molar-refractivity contribution in [1.29, 1.82) is 0 Å². The predicted molar refractivity (Wildman–Crippen MR) is 109 cm³/mol. The normalized spacial score (nSPS) is 15.0. The molecule has 6 nitrogen and oxygen atoms in total. The second-order valence-corrected chi connectivity index (χ2v) is 8.93. The molecule has 1 aromatic heterocycles. The average Bonchev–Trinajstić information content (AvgIpc) is 3.25. The molecule has 144 valence electrons. The number of carbonyl (C=O) groups is 1.